The average Bonchev–Trinajstić information content (AvgIpc) is 2.47. The molecule has 1 saturated heterocycles. The number of rotatable bonds is 5. The first kappa shape index (κ1) is 17.8. The Labute approximate surface area is 129 Å². The van der Waals surface area contributed by atoms with E-state index in [0.29, 0.717) is 24.7 Å². The highest BCUT2D eigenvalue weighted by Gasteiger charge is 2.18. The van der Waals surface area contributed by atoms with E-state index in [1.807, 2.05) is 18.2 Å². The fourth-order valence-electron chi connectivity index (χ4n) is 2.12. The van der Waals surface area contributed by atoms with E-state index in [0.717, 1.165) is 13.0 Å². The third-order valence-corrected chi connectivity index (χ3v) is 3.19. The first-order valence-corrected chi connectivity index (χ1v) is 7.20. The maximum Gasteiger partial charge on any atom is 0.303 e. The quantitative estimate of drug-likeness (QED) is 0.761. The normalized spacial score (nSPS) is 17.3. The molecule has 120 valence electrons. The minimum absolute atomic E-state index is 0.296. The van der Waals surface area contributed by atoms with Crippen LogP contribution in [0.5, 0.6) is 0 Å². The number of carbonyl (C=O) groups is 3. The van der Waals surface area contributed by atoms with E-state index in [2.05, 4.69) is 17.4 Å². The van der Waals surface area contributed by atoms with Crippen molar-refractivity contribution in [1.82, 2.24) is 5.32 Å². The van der Waals surface area contributed by atoms with Gasteiger partial charge in [0, 0.05) is 25.4 Å². The Morgan fingerprint density at radius 1 is 1.09 bits per heavy atom. The maximum absolute atomic E-state index is 11.2. The van der Waals surface area contributed by atoms with Gasteiger partial charge in [0.15, 0.2) is 0 Å². The van der Waals surface area contributed by atoms with Gasteiger partial charge >= 0.3 is 11.9 Å². The monoisotopic (exact) mass is 307 g/mol. The molecule has 0 radical (unpaired) electrons. The number of hydrogen-bond donors (Lipinski definition) is 3. The highest BCUT2D eigenvalue weighted by atomic mass is 16.4. The van der Waals surface area contributed by atoms with E-state index < -0.39 is 11.9 Å². The number of aliphatic carboxylic acids is 2. The molecule has 0 amide bonds. The van der Waals surface area contributed by atoms with Gasteiger partial charge in [-0.15, -0.1) is 0 Å². The predicted molar refractivity (Wildman–Crippen MR) is 80.7 cm³/mol. The van der Waals surface area contributed by atoms with Gasteiger partial charge in [-0.05, 0) is 12.0 Å². The van der Waals surface area contributed by atoms with Gasteiger partial charge in [0.1, 0.15) is 5.78 Å². The van der Waals surface area contributed by atoms with Crippen LogP contribution in [-0.4, -0.2) is 40.5 Å². The molecular formula is C16H21NO5. The predicted octanol–water partition coefficient (Wildman–Crippen LogP) is 1.49. The number of nitrogens with one attached hydrogen (secondary N) is 1. The lowest BCUT2D eigenvalue weighted by atomic mass is 9.97. The van der Waals surface area contributed by atoms with E-state index in [9.17, 15) is 14.4 Å². The van der Waals surface area contributed by atoms with E-state index >= 15 is 0 Å². The van der Waals surface area contributed by atoms with Gasteiger partial charge < -0.3 is 15.5 Å². The van der Waals surface area contributed by atoms with Crippen LogP contribution < -0.4 is 5.32 Å². The molecule has 0 saturated carbocycles. The number of carboxylic acids is 2. The van der Waals surface area contributed by atoms with Gasteiger partial charge in [0.25, 0.3) is 0 Å². The van der Waals surface area contributed by atoms with Crippen molar-refractivity contribution in [2.75, 3.05) is 6.54 Å². The van der Waals surface area contributed by atoms with Crippen LogP contribution in [0.25, 0.3) is 0 Å². The second-order valence-corrected chi connectivity index (χ2v) is 5.12. The Kier molecular flexibility index (Phi) is 7.85. The molecule has 0 unspecified atom stereocenters. The summed E-state index contributed by atoms with van der Waals surface area (Å²) < 4.78 is 0. The summed E-state index contributed by atoms with van der Waals surface area (Å²) in [4.78, 5) is 30.5. The summed E-state index contributed by atoms with van der Waals surface area (Å²) >= 11 is 0. The van der Waals surface area contributed by atoms with Crippen LogP contribution in [0, 0.1) is 0 Å². The van der Waals surface area contributed by atoms with Crippen molar-refractivity contribution < 1.29 is 24.6 Å². The lowest BCUT2D eigenvalue weighted by molar-refractivity contribution is -0.143. The molecule has 1 aliphatic rings. The second kappa shape index (κ2) is 9.68. The van der Waals surface area contributed by atoms with Gasteiger partial charge in [0.05, 0.1) is 12.8 Å². The van der Waals surface area contributed by atoms with Crippen molar-refractivity contribution >= 4 is 17.7 Å². The van der Waals surface area contributed by atoms with Crippen LogP contribution in [0.3, 0.4) is 0 Å². The fourth-order valence-corrected chi connectivity index (χ4v) is 2.12. The minimum Gasteiger partial charge on any atom is -0.481 e. The number of carboxylic acid groups (broad SMARTS) is 2. The fraction of sp³-hybridized carbons (Fsp3) is 0.438. The number of benzene rings is 1. The molecule has 6 nitrogen and oxygen atoms in total. The Bertz CT molecular complexity index is 487. The maximum atomic E-state index is 11.2. The van der Waals surface area contributed by atoms with Gasteiger partial charge in [-0.25, -0.2) is 0 Å². The van der Waals surface area contributed by atoms with E-state index in [4.69, 9.17) is 10.2 Å². The molecule has 0 aliphatic carbocycles. The third kappa shape index (κ3) is 8.16. The van der Waals surface area contributed by atoms with Crippen LogP contribution in [0.4, 0.5) is 0 Å². The molecule has 1 aromatic carbocycles. The highest BCUT2D eigenvalue weighted by Crippen LogP contribution is 2.10. The van der Waals surface area contributed by atoms with Gasteiger partial charge in [-0.2, -0.15) is 0 Å². The van der Waals surface area contributed by atoms with Crippen molar-refractivity contribution in [3.63, 3.8) is 0 Å². The smallest absolute Gasteiger partial charge is 0.303 e. The van der Waals surface area contributed by atoms with Gasteiger partial charge in [-0.3, -0.25) is 14.4 Å². The Morgan fingerprint density at radius 2 is 1.68 bits per heavy atom. The zero-order chi connectivity index (χ0) is 16.4. The van der Waals surface area contributed by atoms with Crippen molar-refractivity contribution in [2.24, 2.45) is 0 Å². The summed E-state index contributed by atoms with van der Waals surface area (Å²) in [5.74, 6) is -1.76. The van der Waals surface area contributed by atoms with Crippen molar-refractivity contribution in [3.05, 3.63) is 35.9 Å². The molecule has 2 rings (SSSR count). The standard InChI is InChI=1S/C12H15NO.C4H6O4/c14-12-6-7-13-11(9-12)8-10-4-2-1-3-5-10;5-3(6)1-2-4(7)8/h1-5,11,13H,6-9H2;1-2H2,(H,5,6)(H,7,8)/t11-;/m0./s1. The summed E-state index contributed by atoms with van der Waals surface area (Å²) in [5.41, 5.74) is 1.31. The SMILES string of the molecule is O=C(O)CCC(=O)O.O=C1CCN[C@@H](Cc2ccccc2)C1. The number of piperidine rings is 1. The highest BCUT2D eigenvalue weighted by molar-refractivity contribution is 5.80. The van der Waals surface area contributed by atoms with Crippen molar-refractivity contribution in [3.8, 4) is 0 Å². The van der Waals surface area contributed by atoms with Gasteiger partial charge in [-0.1, -0.05) is 30.3 Å². The van der Waals surface area contributed by atoms with E-state index in [1.54, 1.807) is 0 Å². The van der Waals surface area contributed by atoms with Crippen LogP contribution >= 0.6 is 0 Å². The molecule has 1 fully saturated rings. The molecule has 1 atom stereocenters. The zero-order valence-corrected chi connectivity index (χ0v) is 12.3. The van der Waals surface area contributed by atoms with Crippen LogP contribution in [0.2, 0.25) is 0 Å². The topological polar surface area (TPSA) is 104 Å². The first-order chi connectivity index (χ1) is 10.5. The summed E-state index contributed by atoms with van der Waals surface area (Å²) in [5, 5.41) is 19.2. The molecule has 0 spiro atoms. The number of hydrogen-bond acceptors (Lipinski definition) is 4. The molecule has 1 aromatic rings. The van der Waals surface area contributed by atoms with E-state index in [-0.39, 0.29) is 12.8 Å². The van der Waals surface area contributed by atoms with Gasteiger partial charge in [0.2, 0.25) is 0 Å². The molecule has 22 heavy (non-hydrogen) atoms. The Hall–Kier alpha value is -2.21. The summed E-state index contributed by atoms with van der Waals surface area (Å²) in [7, 11) is 0. The second-order valence-electron chi connectivity index (χ2n) is 5.12. The molecular weight excluding hydrogens is 286 g/mol. The van der Waals surface area contributed by atoms with Crippen LogP contribution in [0.1, 0.15) is 31.2 Å². The van der Waals surface area contributed by atoms with Crippen LogP contribution in [-0.2, 0) is 20.8 Å². The minimum atomic E-state index is -1.08. The van der Waals surface area contributed by atoms with E-state index in [1.165, 1.54) is 5.56 Å². The molecule has 0 aromatic heterocycles. The zero-order valence-electron chi connectivity index (χ0n) is 12.3. The average molecular weight is 307 g/mol. The largest absolute Gasteiger partial charge is 0.481 e. The molecule has 0 bridgehead atoms. The number of Topliss-reactive ketones (excluding diaryl/α,β-unsaturated/α-hetero) is 1. The lowest BCUT2D eigenvalue weighted by Crippen LogP contribution is -2.39. The van der Waals surface area contributed by atoms with Crippen LogP contribution in [0.15, 0.2) is 30.3 Å². The number of ketones is 1. The number of carbonyl (C=O) groups excluding carboxylic acids is 1. The molecule has 6 heteroatoms. The van der Waals surface area contributed by atoms with Crippen molar-refractivity contribution in [2.45, 2.75) is 38.1 Å². The Balaban J connectivity index is 0.000000261. The summed E-state index contributed by atoms with van der Waals surface area (Å²) in [6.07, 6.45) is 1.76. The Morgan fingerprint density at radius 3 is 2.18 bits per heavy atom. The lowest BCUT2D eigenvalue weighted by Gasteiger charge is -2.22. The van der Waals surface area contributed by atoms with Crippen molar-refractivity contribution in [1.29, 1.82) is 0 Å². The molecule has 1 aliphatic heterocycles. The summed E-state index contributed by atoms with van der Waals surface area (Å²) in [6, 6.07) is 10.7. The summed E-state index contributed by atoms with van der Waals surface area (Å²) in [6.45, 7) is 0.844. The molecule has 1 heterocycles. The third-order valence-electron chi connectivity index (χ3n) is 3.19. The first-order valence-electron chi connectivity index (χ1n) is 7.20. The molecule has 3 N–H and O–H groups in total.